The predicted molar refractivity (Wildman–Crippen MR) is 105 cm³/mol. The maximum Gasteiger partial charge on any atom is 0.316 e. The molecule has 0 heterocycles. The van der Waals surface area contributed by atoms with E-state index in [0.29, 0.717) is 0 Å². The summed E-state index contributed by atoms with van der Waals surface area (Å²) in [5.74, 6) is 0. The first-order chi connectivity index (χ1) is 11.6. The standard InChI is InChI=1S/C18H26N3OPS/c1-3-15-20(16-4-2)23(19,22)21(17-11-7-5-8-12-17)24-18-13-9-6-10-14-18/h5-14H,3-4,15-16H2,1-2H3,(H2,19,22). The van der Waals surface area contributed by atoms with Gasteiger partial charge in [-0.25, -0.2) is 8.75 Å². The Labute approximate surface area is 149 Å². The van der Waals surface area contributed by atoms with E-state index in [4.69, 9.17) is 5.50 Å². The molecular formula is C18H26N3OPS. The number of para-hydroxylation sites is 1. The summed E-state index contributed by atoms with van der Waals surface area (Å²) < 4.78 is 17.3. The fourth-order valence-electron chi connectivity index (χ4n) is 2.44. The highest BCUT2D eigenvalue weighted by atomic mass is 32.2. The zero-order valence-corrected chi connectivity index (χ0v) is 16.0. The molecule has 4 nitrogen and oxygen atoms in total. The largest absolute Gasteiger partial charge is 0.316 e. The lowest BCUT2D eigenvalue weighted by atomic mass is 10.3. The van der Waals surface area contributed by atoms with E-state index in [2.05, 4.69) is 13.8 Å². The summed E-state index contributed by atoms with van der Waals surface area (Å²) in [7, 11) is -3.20. The number of benzene rings is 2. The second kappa shape index (κ2) is 9.28. The fourth-order valence-corrected chi connectivity index (χ4v) is 5.88. The predicted octanol–water partition coefficient (Wildman–Crippen LogP) is 5.39. The van der Waals surface area contributed by atoms with E-state index in [1.54, 1.807) is 4.08 Å². The second-order valence-electron chi connectivity index (χ2n) is 5.56. The van der Waals surface area contributed by atoms with Crippen LogP contribution in [0.2, 0.25) is 0 Å². The van der Waals surface area contributed by atoms with Crippen molar-refractivity contribution in [3.63, 3.8) is 0 Å². The van der Waals surface area contributed by atoms with Crippen LogP contribution in [0.4, 0.5) is 5.69 Å². The van der Waals surface area contributed by atoms with Gasteiger partial charge in [-0.05, 0) is 49.1 Å². The third kappa shape index (κ3) is 4.87. The van der Waals surface area contributed by atoms with Crippen LogP contribution in [0.5, 0.6) is 0 Å². The molecule has 130 valence electrons. The molecule has 24 heavy (non-hydrogen) atoms. The summed E-state index contributed by atoms with van der Waals surface area (Å²) in [6.07, 6.45) is 1.83. The molecule has 6 heteroatoms. The van der Waals surface area contributed by atoms with Crippen molar-refractivity contribution in [1.82, 2.24) is 4.67 Å². The zero-order chi connectivity index (χ0) is 17.4. The van der Waals surface area contributed by atoms with Gasteiger partial charge in [-0.15, -0.1) is 0 Å². The van der Waals surface area contributed by atoms with Gasteiger partial charge in [-0.2, -0.15) is 0 Å². The van der Waals surface area contributed by atoms with Gasteiger partial charge in [0.25, 0.3) is 0 Å². The highest BCUT2D eigenvalue weighted by Gasteiger charge is 2.34. The van der Waals surface area contributed by atoms with Crippen molar-refractivity contribution in [3.8, 4) is 0 Å². The molecule has 2 N–H and O–H groups in total. The number of hydrogen-bond donors (Lipinski definition) is 1. The fraction of sp³-hybridized carbons (Fsp3) is 0.333. The highest BCUT2D eigenvalue weighted by Crippen LogP contribution is 2.54. The van der Waals surface area contributed by atoms with Crippen LogP contribution in [0.3, 0.4) is 0 Å². The topological polar surface area (TPSA) is 49.6 Å². The van der Waals surface area contributed by atoms with Crippen LogP contribution in [0.25, 0.3) is 0 Å². The Morgan fingerprint density at radius 1 is 0.917 bits per heavy atom. The molecule has 0 radical (unpaired) electrons. The van der Waals surface area contributed by atoms with Crippen molar-refractivity contribution in [2.75, 3.05) is 17.2 Å². The summed E-state index contributed by atoms with van der Waals surface area (Å²) in [6, 6.07) is 19.7. The van der Waals surface area contributed by atoms with Gasteiger partial charge < -0.3 is 0 Å². The van der Waals surface area contributed by atoms with E-state index in [-0.39, 0.29) is 0 Å². The highest BCUT2D eigenvalue weighted by molar-refractivity contribution is 8.07. The molecule has 0 saturated heterocycles. The number of nitrogens with two attached hydrogens (primary N) is 1. The smallest absolute Gasteiger partial charge is 0.263 e. The molecule has 0 aliphatic carbocycles. The summed E-state index contributed by atoms with van der Waals surface area (Å²) in [6.45, 7) is 5.61. The first kappa shape index (κ1) is 19.1. The minimum Gasteiger partial charge on any atom is -0.263 e. The second-order valence-corrected chi connectivity index (χ2v) is 8.99. The van der Waals surface area contributed by atoms with Gasteiger partial charge in [0.05, 0.1) is 5.69 Å². The van der Waals surface area contributed by atoms with Gasteiger partial charge >= 0.3 is 7.59 Å². The Kier molecular flexibility index (Phi) is 7.38. The lowest BCUT2D eigenvalue weighted by molar-refractivity contribution is 0.409. The lowest BCUT2D eigenvalue weighted by Gasteiger charge is -2.36. The summed E-state index contributed by atoms with van der Waals surface area (Å²) in [5, 5.41) is 0. The van der Waals surface area contributed by atoms with E-state index < -0.39 is 7.59 Å². The molecule has 0 amide bonds. The van der Waals surface area contributed by atoms with Crippen molar-refractivity contribution in [2.24, 2.45) is 5.50 Å². The van der Waals surface area contributed by atoms with Crippen LogP contribution in [0.1, 0.15) is 26.7 Å². The van der Waals surface area contributed by atoms with Crippen LogP contribution in [-0.4, -0.2) is 17.8 Å². The molecule has 0 saturated carbocycles. The van der Waals surface area contributed by atoms with Gasteiger partial charge in [0.2, 0.25) is 0 Å². The monoisotopic (exact) mass is 363 g/mol. The van der Waals surface area contributed by atoms with E-state index in [1.165, 1.54) is 11.9 Å². The van der Waals surface area contributed by atoms with Gasteiger partial charge in [-0.3, -0.25) is 10.1 Å². The molecule has 0 aromatic heterocycles. The molecule has 2 aromatic rings. The van der Waals surface area contributed by atoms with Crippen LogP contribution < -0.4 is 9.58 Å². The minimum absolute atomic E-state index is 0.723. The summed E-state index contributed by atoms with van der Waals surface area (Å²) >= 11 is 1.43. The quantitative estimate of drug-likeness (QED) is 0.478. The lowest BCUT2D eigenvalue weighted by Crippen LogP contribution is -2.34. The van der Waals surface area contributed by atoms with Crippen molar-refractivity contribution in [3.05, 3.63) is 60.7 Å². The Balaban J connectivity index is 2.38. The van der Waals surface area contributed by atoms with E-state index >= 15 is 0 Å². The third-order valence-corrected chi connectivity index (χ3v) is 7.32. The number of rotatable bonds is 9. The molecule has 1 unspecified atom stereocenters. The first-order valence-electron chi connectivity index (χ1n) is 8.32. The van der Waals surface area contributed by atoms with Crippen molar-refractivity contribution < 1.29 is 4.57 Å². The SMILES string of the molecule is CCCN(CCC)P(N)(=O)N(Sc1ccccc1)c1ccccc1. The van der Waals surface area contributed by atoms with Gasteiger partial charge in [0.1, 0.15) is 0 Å². The summed E-state index contributed by atoms with van der Waals surface area (Å²) in [5.41, 5.74) is 7.30. The van der Waals surface area contributed by atoms with Crippen LogP contribution in [0, 0.1) is 0 Å². The minimum atomic E-state index is -3.20. The molecule has 2 rings (SSSR count). The Morgan fingerprint density at radius 3 is 1.92 bits per heavy atom. The molecule has 0 aliphatic heterocycles. The molecular weight excluding hydrogens is 337 g/mol. The van der Waals surface area contributed by atoms with Crippen molar-refractivity contribution >= 4 is 25.2 Å². The molecule has 1 atom stereocenters. The zero-order valence-electron chi connectivity index (χ0n) is 14.3. The number of hydrogen-bond acceptors (Lipinski definition) is 2. The third-order valence-electron chi connectivity index (χ3n) is 3.54. The van der Waals surface area contributed by atoms with Crippen molar-refractivity contribution in [2.45, 2.75) is 31.6 Å². The Hall–Kier alpha value is -1.26. The van der Waals surface area contributed by atoms with Crippen LogP contribution >= 0.6 is 19.5 Å². The maximum absolute atomic E-state index is 13.6. The van der Waals surface area contributed by atoms with Gasteiger partial charge in [0.15, 0.2) is 0 Å². The normalized spacial score (nSPS) is 13.7. The maximum atomic E-state index is 13.6. The van der Waals surface area contributed by atoms with Crippen LogP contribution in [0.15, 0.2) is 65.6 Å². The average Bonchev–Trinajstić information content (AvgIpc) is 2.61. The van der Waals surface area contributed by atoms with E-state index in [0.717, 1.165) is 36.5 Å². The molecule has 0 spiro atoms. The number of nitrogens with zero attached hydrogens (tertiary/aromatic N) is 2. The average molecular weight is 363 g/mol. The van der Waals surface area contributed by atoms with Crippen LogP contribution in [-0.2, 0) is 4.57 Å². The molecule has 0 bridgehead atoms. The first-order valence-corrected chi connectivity index (χ1v) is 10.8. The van der Waals surface area contributed by atoms with Gasteiger partial charge in [0, 0.05) is 18.0 Å². The van der Waals surface area contributed by atoms with Crippen molar-refractivity contribution in [1.29, 1.82) is 0 Å². The Morgan fingerprint density at radius 2 is 1.42 bits per heavy atom. The Bertz CT molecular complexity index is 648. The van der Waals surface area contributed by atoms with E-state index in [9.17, 15) is 4.57 Å². The van der Waals surface area contributed by atoms with E-state index in [1.807, 2.05) is 65.3 Å². The summed E-state index contributed by atoms with van der Waals surface area (Å²) in [4.78, 5) is 1.01. The number of anilines is 1. The molecule has 0 aliphatic rings. The van der Waals surface area contributed by atoms with Gasteiger partial charge in [-0.1, -0.05) is 50.2 Å². The molecule has 2 aromatic carbocycles. The molecule has 0 fully saturated rings.